The monoisotopic (exact) mass is 389 g/mol. The van der Waals surface area contributed by atoms with E-state index < -0.39 is 0 Å². The number of hydrogen-bond acceptors (Lipinski definition) is 3. The molecule has 0 radical (unpaired) electrons. The van der Waals surface area contributed by atoms with Crippen LogP contribution in [0.2, 0.25) is 0 Å². The van der Waals surface area contributed by atoms with E-state index in [-0.39, 0.29) is 11.7 Å². The van der Waals surface area contributed by atoms with Crippen LogP contribution in [0, 0.1) is 5.82 Å². The van der Waals surface area contributed by atoms with Crippen molar-refractivity contribution in [3.8, 4) is 11.5 Å². The molecule has 6 nitrogen and oxygen atoms in total. The van der Waals surface area contributed by atoms with Crippen LogP contribution in [-0.4, -0.2) is 52.9 Å². The van der Waals surface area contributed by atoms with Gasteiger partial charge in [0.1, 0.15) is 38.5 Å². The lowest BCUT2D eigenvalue weighted by Gasteiger charge is -2.29. The Balaban J connectivity index is 1.45. The molecule has 1 saturated heterocycles. The van der Waals surface area contributed by atoms with Gasteiger partial charge in [-0.3, -0.25) is 4.79 Å². The molecule has 150 valence electrons. The van der Waals surface area contributed by atoms with Crippen molar-refractivity contribution in [2.45, 2.75) is 6.54 Å². The van der Waals surface area contributed by atoms with Crippen LogP contribution in [0.15, 0.2) is 42.5 Å². The van der Waals surface area contributed by atoms with Crippen LogP contribution < -0.4 is 24.6 Å². The summed E-state index contributed by atoms with van der Waals surface area (Å²) in [6.45, 7) is 5.26. The average Bonchev–Trinajstić information content (AvgIpc) is 2.71. The maximum atomic E-state index is 12.9. The Labute approximate surface area is 164 Å². The average molecular weight is 389 g/mol. The standard InChI is InChI=1S/C21H26FN3O3/c1-27-19-8-3-16(13-20(19)28-2)14-24-9-11-25(12-10-24)15-21(26)23-18-6-4-17(22)5-7-18/h3-8,13H,9-12,14-15H2,1-2H3,(H,23,26)/p+2. The molecule has 1 amide bonds. The summed E-state index contributed by atoms with van der Waals surface area (Å²) in [5.74, 6) is 1.14. The molecule has 0 aliphatic carbocycles. The van der Waals surface area contributed by atoms with Crippen molar-refractivity contribution < 1.29 is 28.5 Å². The Hall–Kier alpha value is -2.64. The van der Waals surface area contributed by atoms with Gasteiger partial charge in [-0.2, -0.15) is 0 Å². The first kappa shape index (κ1) is 20.1. The third-order valence-electron chi connectivity index (χ3n) is 5.10. The molecule has 2 aromatic rings. The fourth-order valence-electron chi connectivity index (χ4n) is 3.56. The van der Waals surface area contributed by atoms with Gasteiger partial charge in [-0.25, -0.2) is 4.39 Å². The normalized spacial score (nSPS) is 19.1. The number of methoxy groups -OCH3 is 2. The van der Waals surface area contributed by atoms with Crippen molar-refractivity contribution in [2.24, 2.45) is 0 Å². The summed E-state index contributed by atoms with van der Waals surface area (Å²) in [6, 6.07) is 11.9. The highest BCUT2D eigenvalue weighted by Gasteiger charge is 2.25. The minimum atomic E-state index is -0.308. The number of halogens is 1. The van der Waals surface area contributed by atoms with Crippen molar-refractivity contribution in [1.82, 2.24) is 0 Å². The molecule has 7 heteroatoms. The maximum Gasteiger partial charge on any atom is 0.279 e. The van der Waals surface area contributed by atoms with Crippen LogP contribution in [-0.2, 0) is 11.3 Å². The number of amides is 1. The smallest absolute Gasteiger partial charge is 0.279 e. The fourth-order valence-corrected chi connectivity index (χ4v) is 3.56. The van der Waals surface area contributed by atoms with Crippen LogP contribution >= 0.6 is 0 Å². The van der Waals surface area contributed by atoms with Gasteiger partial charge in [0.2, 0.25) is 0 Å². The highest BCUT2D eigenvalue weighted by atomic mass is 19.1. The molecule has 3 rings (SSSR count). The quantitative estimate of drug-likeness (QED) is 0.613. The molecule has 0 unspecified atom stereocenters. The lowest BCUT2D eigenvalue weighted by molar-refractivity contribution is -1.02. The second-order valence-corrected chi connectivity index (χ2v) is 7.10. The lowest BCUT2D eigenvalue weighted by atomic mass is 10.1. The number of anilines is 1. The number of carbonyl (C=O) groups is 1. The zero-order valence-corrected chi connectivity index (χ0v) is 16.4. The number of ether oxygens (including phenoxy) is 2. The Morgan fingerprint density at radius 1 is 0.964 bits per heavy atom. The minimum Gasteiger partial charge on any atom is -0.493 e. The van der Waals surface area contributed by atoms with Gasteiger partial charge < -0.3 is 24.6 Å². The number of nitrogens with one attached hydrogen (secondary N) is 3. The highest BCUT2D eigenvalue weighted by molar-refractivity contribution is 5.91. The number of rotatable bonds is 7. The summed E-state index contributed by atoms with van der Waals surface area (Å²) in [4.78, 5) is 15.0. The molecule has 1 fully saturated rings. The second kappa shape index (κ2) is 9.52. The molecule has 0 bridgehead atoms. The van der Waals surface area contributed by atoms with Crippen LogP contribution in [0.4, 0.5) is 10.1 Å². The van der Waals surface area contributed by atoms with Crippen molar-refractivity contribution in [3.63, 3.8) is 0 Å². The van der Waals surface area contributed by atoms with Gasteiger partial charge in [-0.05, 0) is 42.5 Å². The first-order chi connectivity index (χ1) is 13.6. The van der Waals surface area contributed by atoms with Crippen molar-refractivity contribution in [2.75, 3.05) is 52.3 Å². The number of benzene rings is 2. The van der Waals surface area contributed by atoms with Gasteiger partial charge in [-0.1, -0.05) is 0 Å². The van der Waals surface area contributed by atoms with E-state index in [9.17, 15) is 9.18 Å². The van der Waals surface area contributed by atoms with Crippen molar-refractivity contribution >= 4 is 11.6 Å². The first-order valence-corrected chi connectivity index (χ1v) is 9.51. The van der Waals surface area contributed by atoms with Gasteiger partial charge in [0, 0.05) is 11.3 Å². The van der Waals surface area contributed by atoms with E-state index >= 15 is 0 Å². The molecule has 1 aliphatic heterocycles. The van der Waals surface area contributed by atoms with E-state index in [1.54, 1.807) is 26.4 Å². The summed E-state index contributed by atoms with van der Waals surface area (Å²) in [7, 11) is 3.28. The molecule has 28 heavy (non-hydrogen) atoms. The SMILES string of the molecule is COc1ccc(C[NH+]2CC[NH+](CC(=O)Nc3ccc(F)cc3)CC2)cc1OC. The molecule has 0 aromatic heterocycles. The van der Waals surface area contributed by atoms with Gasteiger partial charge in [0.25, 0.3) is 5.91 Å². The van der Waals surface area contributed by atoms with Crippen LogP contribution in [0.1, 0.15) is 5.56 Å². The summed E-state index contributed by atoms with van der Waals surface area (Å²) in [5, 5.41) is 2.83. The van der Waals surface area contributed by atoms with E-state index in [2.05, 4.69) is 11.4 Å². The topological polar surface area (TPSA) is 56.4 Å². The molecule has 1 heterocycles. The third kappa shape index (κ3) is 5.43. The van der Waals surface area contributed by atoms with Gasteiger partial charge in [0.15, 0.2) is 18.0 Å². The Morgan fingerprint density at radius 2 is 1.61 bits per heavy atom. The predicted molar refractivity (Wildman–Crippen MR) is 105 cm³/mol. The zero-order valence-electron chi connectivity index (χ0n) is 16.4. The van der Waals surface area contributed by atoms with Crippen LogP contribution in [0.3, 0.4) is 0 Å². The Morgan fingerprint density at radius 3 is 2.25 bits per heavy atom. The second-order valence-electron chi connectivity index (χ2n) is 7.10. The first-order valence-electron chi connectivity index (χ1n) is 9.51. The van der Waals surface area contributed by atoms with Gasteiger partial charge in [-0.15, -0.1) is 0 Å². The van der Waals surface area contributed by atoms with Gasteiger partial charge >= 0.3 is 0 Å². The van der Waals surface area contributed by atoms with Crippen molar-refractivity contribution in [3.05, 3.63) is 53.8 Å². The molecule has 0 saturated carbocycles. The molecule has 0 spiro atoms. The third-order valence-corrected chi connectivity index (χ3v) is 5.10. The Bertz CT molecular complexity index is 790. The number of quaternary nitrogens is 2. The molecular weight excluding hydrogens is 361 g/mol. The molecular formula is C21H28FN3O3+2. The summed E-state index contributed by atoms with van der Waals surface area (Å²) >= 11 is 0. The lowest BCUT2D eigenvalue weighted by Crippen LogP contribution is -3.28. The maximum absolute atomic E-state index is 12.9. The molecule has 1 aliphatic rings. The largest absolute Gasteiger partial charge is 0.493 e. The molecule has 0 atom stereocenters. The number of piperazine rings is 1. The van der Waals surface area contributed by atoms with E-state index in [1.165, 1.54) is 27.5 Å². The molecule has 3 N–H and O–H groups in total. The van der Waals surface area contributed by atoms with E-state index in [1.807, 2.05) is 12.1 Å². The predicted octanol–water partition coefficient (Wildman–Crippen LogP) is -0.235. The van der Waals surface area contributed by atoms with Crippen LogP contribution in [0.25, 0.3) is 0 Å². The van der Waals surface area contributed by atoms with Crippen LogP contribution in [0.5, 0.6) is 11.5 Å². The highest BCUT2D eigenvalue weighted by Crippen LogP contribution is 2.27. The summed E-state index contributed by atoms with van der Waals surface area (Å²) in [6.07, 6.45) is 0. The summed E-state index contributed by atoms with van der Waals surface area (Å²) < 4.78 is 23.6. The van der Waals surface area contributed by atoms with Gasteiger partial charge in [0.05, 0.1) is 14.2 Å². The summed E-state index contributed by atoms with van der Waals surface area (Å²) in [5.41, 5.74) is 1.84. The fraction of sp³-hybridized carbons (Fsp3) is 0.381. The van der Waals surface area contributed by atoms with E-state index in [0.717, 1.165) is 44.2 Å². The van der Waals surface area contributed by atoms with E-state index in [0.29, 0.717) is 12.2 Å². The number of carbonyl (C=O) groups excluding carboxylic acids is 1. The number of hydrogen-bond donors (Lipinski definition) is 3. The minimum absolute atomic E-state index is 0.0371. The molecule has 2 aromatic carbocycles. The Kier molecular flexibility index (Phi) is 6.84. The van der Waals surface area contributed by atoms with E-state index in [4.69, 9.17) is 9.47 Å². The zero-order chi connectivity index (χ0) is 19.9. The van der Waals surface area contributed by atoms with Crippen molar-refractivity contribution in [1.29, 1.82) is 0 Å².